The minimum absolute atomic E-state index is 0.226. The highest BCUT2D eigenvalue weighted by atomic mass is 19.4. The van der Waals surface area contributed by atoms with Crippen LogP contribution in [-0.2, 0) is 0 Å². The van der Waals surface area contributed by atoms with Crippen LogP contribution in [0, 0.1) is 0 Å². The van der Waals surface area contributed by atoms with E-state index in [1.807, 2.05) is 0 Å². The summed E-state index contributed by atoms with van der Waals surface area (Å²) in [5.74, 6) is 0. The first-order valence-corrected chi connectivity index (χ1v) is 3.37. The molecule has 0 heterocycles. The summed E-state index contributed by atoms with van der Waals surface area (Å²) < 4.78 is 36.1. The predicted molar refractivity (Wildman–Crippen MR) is 43.1 cm³/mol. The largest absolute Gasteiger partial charge is 0.429 e. The van der Waals surface area contributed by atoms with Gasteiger partial charge in [-0.05, 0) is 6.92 Å². The van der Waals surface area contributed by atoms with Crippen molar-refractivity contribution in [3.8, 4) is 0 Å². The van der Waals surface area contributed by atoms with Crippen molar-refractivity contribution in [2.24, 2.45) is 9.98 Å². The van der Waals surface area contributed by atoms with Gasteiger partial charge in [-0.2, -0.15) is 13.2 Å². The molecule has 0 aromatic rings. The van der Waals surface area contributed by atoms with Crippen LogP contribution in [0.2, 0.25) is 0 Å². The first kappa shape index (κ1) is 11.1. The lowest BCUT2D eigenvalue weighted by molar-refractivity contribution is -0.0598. The summed E-state index contributed by atoms with van der Waals surface area (Å²) in [5, 5.41) is 0. The molecule has 0 aliphatic heterocycles. The maximum absolute atomic E-state index is 12.0. The summed E-state index contributed by atoms with van der Waals surface area (Å²) >= 11 is 0. The second-order valence-electron chi connectivity index (χ2n) is 2.30. The Morgan fingerprint density at radius 2 is 1.67 bits per heavy atom. The number of hydrogen-bond acceptors (Lipinski definition) is 2. The van der Waals surface area contributed by atoms with Gasteiger partial charge in [0.25, 0.3) is 0 Å². The zero-order valence-electron chi connectivity index (χ0n) is 7.24. The van der Waals surface area contributed by atoms with Crippen molar-refractivity contribution in [1.29, 1.82) is 0 Å². The molecule has 0 aromatic carbocycles. The molecule has 5 heteroatoms. The van der Waals surface area contributed by atoms with Crippen LogP contribution in [0.5, 0.6) is 0 Å². The Labute approximate surface area is 69.2 Å². The van der Waals surface area contributed by atoms with Crippen LogP contribution < -0.4 is 0 Å². The van der Waals surface area contributed by atoms with Crippen LogP contribution in [0.1, 0.15) is 13.3 Å². The van der Waals surface area contributed by atoms with Gasteiger partial charge in [0.15, 0.2) is 0 Å². The number of alkyl halides is 3. The van der Waals surface area contributed by atoms with E-state index in [2.05, 4.69) is 9.98 Å². The predicted octanol–water partition coefficient (Wildman–Crippen LogP) is 2.10. The van der Waals surface area contributed by atoms with Crippen LogP contribution >= 0.6 is 0 Å². The average Bonchev–Trinajstić information content (AvgIpc) is 1.97. The summed E-state index contributed by atoms with van der Waals surface area (Å²) in [7, 11) is 2.59. The third-order valence-electron chi connectivity index (χ3n) is 1.40. The van der Waals surface area contributed by atoms with Crippen LogP contribution in [0.15, 0.2) is 9.98 Å². The van der Waals surface area contributed by atoms with Crippen molar-refractivity contribution in [2.45, 2.75) is 19.5 Å². The molecule has 0 aliphatic carbocycles. The Hall–Kier alpha value is -0.870. The van der Waals surface area contributed by atoms with Crippen molar-refractivity contribution in [3.05, 3.63) is 0 Å². The number of halogens is 3. The SMILES string of the molecule is CN=C(C)CC(=NC)C(F)(F)F. The van der Waals surface area contributed by atoms with Crippen molar-refractivity contribution in [2.75, 3.05) is 14.1 Å². The van der Waals surface area contributed by atoms with E-state index in [4.69, 9.17) is 0 Å². The molecular formula is C7H11F3N2. The second kappa shape index (κ2) is 4.23. The van der Waals surface area contributed by atoms with Crippen LogP contribution in [0.25, 0.3) is 0 Å². The van der Waals surface area contributed by atoms with Crippen molar-refractivity contribution in [3.63, 3.8) is 0 Å². The maximum atomic E-state index is 12.0. The standard InChI is InChI=1S/C7H11F3N2/c1-5(11-2)4-6(12-3)7(8,9)10/h4H2,1-3H3. The molecule has 0 N–H and O–H groups in total. The zero-order chi connectivity index (χ0) is 9.78. The first-order valence-electron chi connectivity index (χ1n) is 3.37. The van der Waals surface area contributed by atoms with Gasteiger partial charge < -0.3 is 0 Å². The van der Waals surface area contributed by atoms with E-state index in [-0.39, 0.29) is 6.42 Å². The molecule has 0 radical (unpaired) electrons. The Balaban J connectivity index is 4.43. The maximum Gasteiger partial charge on any atom is 0.429 e. The molecule has 0 amide bonds. The van der Waals surface area contributed by atoms with Gasteiger partial charge in [0.1, 0.15) is 5.71 Å². The highest BCUT2D eigenvalue weighted by molar-refractivity contribution is 6.05. The smallest absolute Gasteiger partial charge is 0.297 e. The monoisotopic (exact) mass is 180 g/mol. The molecule has 0 saturated heterocycles. The lowest BCUT2D eigenvalue weighted by Gasteiger charge is -2.08. The van der Waals surface area contributed by atoms with Crippen molar-refractivity contribution >= 4 is 11.4 Å². The van der Waals surface area contributed by atoms with Crippen molar-refractivity contribution in [1.82, 2.24) is 0 Å². The fourth-order valence-electron chi connectivity index (χ4n) is 0.627. The molecule has 2 nitrogen and oxygen atoms in total. The van der Waals surface area contributed by atoms with Gasteiger partial charge in [-0.25, -0.2) is 0 Å². The summed E-state index contributed by atoms with van der Waals surface area (Å²) in [5.41, 5.74) is -0.362. The van der Waals surface area contributed by atoms with Gasteiger partial charge in [-0.1, -0.05) is 0 Å². The van der Waals surface area contributed by atoms with E-state index in [0.29, 0.717) is 5.71 Å². The Kier molecular flexibility index (Phi) is 3.92. The molecule has 12 heavy (non-hydrogen) atoms. The van der Waals surface area contributed by atoms with Crippen LogP contribution in [0.3, 0.4) is 0 Å². The van der Waals surface area contributed by atoms with Crippen LogP contribution in [0.4, 0.5) is 13.2 Å². The third-order valence-corrected chi connectivity index (χ3v) is 1.40. The number of hydrogen-bond donors (Lipinski definition) is 0. The van der Waals surface area contributed by atoms with Gasteiger partial charge in [-0.15, -0.1) is 0 Å². The van der Waals surface area contributed by atoms with E-state index < -0.39 is 11.9 Å². The summed E-state index contributed by atoms with van der Waals surface area (Å²) in [6.07, 6.45) is -4.56. The van der Waals surface area contributed by atoms with Crippen LogP contribution in [-0.4, -0.2) is 31.7 Å². The summed E-state index contributed by atoms with van der Waals surface area (Å²) in [6, 6.07) is 0. The van der Waals surface area contributed by atoms with E-state index in [0.717, 1.165) is 7.05 Å². The second-order valence-corrected chi connectivity index (χ2v) is 2.30. The minimum atomic E-state index is -4.33. The fourth-order valence-corrected chi connectivity index (χ4v) is 0.627. The molecule has 0 atom stereocenters. The molecule has 0 saturated carbocycles. The molecule has 0 unspecified atom stereocenters. The molecule has 0 rings (SSSR count). The normalized spacial score (nSPS) is 15.2. The molecule has 0 spiro atoms. The average molecular weight is 180 g/mol. The zero-order valence-corrected chi connectivity index (χ0v) is 7.24. The Bertz CT molecular complexity index is 203. The Morgan fingerprint density at radius 1 is 1.17 bits per heavy atom. The molecule has 70 valence electrons. The lowest BCUT2D eigenvalue weighted by atomic mass is 10.2. The Morgan fingerprint density at radius 3 is 1.92 bits per heavy atom. The van der Waals surface area contributed by atoms with Gasteiger partial charge in [0.05, 0.1) is 0 Å². The van der Waals surface area contributed by atoms with Gasteiger partial charge in [0.2, 0.25) is 0 Å². The number of nitrogens with zero attached hydrogens (tertiary/aromatic N) is 2. The topological polar surface area (TPSA) is 24.7 Å². The first-order chi connectivity index (χ1) is 5.41. The molecule has 0 aliphatic rings. The molecule has 0 aromatic heterocycles. The van der Waals surface area contributed by atoms with Gasteiger partial charge in [0, 0.05) is 26.2 Å². The summed E-state index contributed by atoms with van der Waals surface area (Å²) in [4.78, 5) is 6.78. The van der Waals surface area contributed by atoms with Gasteiger partial charge in [-0.3, -0.25) is 9.98 Å². The highest BCUT2D eigenvalue weighted by Gasteiger charge is 2.34. The molecule has 0 fully saturated rings. The molecular weight excluding hydrogens is 169 g/mol. The van der Waals surface area contributed by atoms with E-state index in [9.17, 15) is 13.2 Å². The van der Waals surface area contributed by atoms with Gasteiger partial charge >= 0.3 is 6.18 Å². The highest BCUT2D eigenvalue weighted by Crippen LogP contribution is 2.19. The molecule has 0 bridgehead atoms. The van der Waals surface area contributed by atoms with E-state index in [1.165, 1.54) is 14.0 Å². The number of rotatable bonds is 2. The van der Waals surface area contributed by atoms with E-state index in [1.54, 1.807) is 0 Å². The summed E-state index contributed by atoms with van der Waals surface area (Å²) in [6.45, 7) is 1.54. The number of aliphatic imine (C=N–C) groups is 2. The van der Waals surface area contributed by atoms with E-state index >= 15 is 0 Å². The van der Waals surface area contributed by atoms with Crippen molar-refractivity contribution < 1.29 is 13.2 Å². The third kappa shape index (κ3) is 3.50. The fraction of sp³-hybridized carbons (Fsp3) is 0.714. The lowest BCUT2D eigenvalue weighted by Crippen LogP contribution is -2.24. The minimum Gasteiger partial charge on any atom is -0.297 e. The quantitative estimate of drug-likeness (QED) is 0.581.